The number of hydrogen-bond acceptors (Lipinski definition) is 3. The molecule has 1 heterocycles. The Balaban J connectivity index is 2.30. The van der Waals surface area contributed by atoms with Crippen molar-refractivity contribution in [3.05, 3.63) is 41.2 Å². The summed E-state index contributed by atoms with van der Waals surface area (Å²) >= 11 is 0. The molecule has 132 valence electrons. The third kappa shape index (κ3) is 4.37. The maximum atomic E-state index is 5.84. The second-order valence-electron chi connectivity index (χ2n) is 7.31. The van der Waals surface area contributed by atoms with E-state index in [0.717, 1.165) is 30.8 Å². The van der Waals surface area contributed by atoms with Crippen molar-refractivity contribution in [1.82, 2.24) is 15.0 Å². The minimum absolute atomic E-state index is 0.0597. The second-order valence-corrected chi connectivity index (χ2v) is 7.31. The molecule has 0 N–H and O–H groups in total. The molecule has 0 aliphatic rings. The van der Waals surface area contributed by atoms with Gasteiger partial charge < -0.3 is 4.74 Å². The summed E-state index contributed by atoms with van der Waals surface area (Å²) in [6, 6.07) is 6.66. The zero-order valence-electron chi connectivity index (χ0n) is 16.0. The lowest BCUT2D eigenvalue weighted by atomic mass is 9.82. The van der Waals surface area contributed by atoms with Gasteiger partial charge in [-0.3, -0.25) is 4.68 Å². The van der Waals surface area contributed by atoms with Crippen molar-refractivity contribution >= 4 is 0 Å². The Morgan fingerprint density at radius 1 is 1.17 bits per heavy atom. The van der Waals surface area contributed by atoms with Gasteiger partial charge in [0.2, 0.25) is 0 Å². The molecular weight excluding hydrogens is 298 g/mol. The van der Waals surface area contributed by atoms with E-state index in [-0.39, 0.29) is 5.41 Å². The van der Waals surface area contributed by atoms with Crippen LogP contribution in [0.4, 0.5) is 0 Å². The van der Waals surface area contributed by atoms with E-state index in [0.29, 0.717) is 12.5 Å². The predicted molar refractivity (Wildman–Crippen MR) is 98.7 cm³/mol. The molecule has 2 aromatic rings. The number of aryl methyl sites for hydroxylation is 1. The summed E-state index contributed by atoms with van der Waals surface area (Å²) in [6.07, 6.45) is 4.06. The highest BCUT2D eigenvalue weighted by Crippen LogP contribution is 2.35. The van der Waals surface area contributed by atoms with Gasteiger partial charge in [0.1, 0.15) is 5.75 Å². The number of aromatic nitrogens is 3. The first-order chi connectivity index (χ1) is 11.4. The zero-order valence-corrected chi connectivity index (χ0v) is 16.0. The van der Waals surface area contributed by atoms with Crippen LogP contribution in [0.2, 0.25) is 0 Å². The number of ether oxygens (including phenoxy) is 1. The van der Waals surface area contributed by atoms with Crippen molar-refractivity contribution in [1.29, 1.82) is 0 Å². The largest absolute Gasteiger partial charge is 0.494 e. The molecule has 1 atom stereocenters. The van der Waals surface area contributed by atoms with Crippen LogP contribution in [0.1, 0.15) is 70.7 Å². The van der Waals surface area contributed by atoms with Gasteiger partial charge in [0.25, 0.3) is 0 Å². The maximum Gasteiger partial charge on any atom is 0.123 e. The third-order valence-corrected chi connectivity index (χ3v) is 4.44. The van der Waals surface area contributed by atoms with Gasteiger partial charge in [0, 0.05) is 12.7 Å². The first-order valence-corrected chi connectivity index (χ1v) is 9.05. The Morgan fingerprint density at radius 3 is 2.46 bits per heavy atom. The number of nitrogens with zero attached hydrogens (tertiary/aromatic N) is 3. The fraction of sp³-hybridized carbons (Fsp3) is 0.600. The highest BCUT2D eigenvalue weighted by atomic mass is 16.5. The summed E-state index contributed by atoms with van der Waals surface area (Å²) in [4.78, 5) is 0. The number of hydrogen-bond donors (Lipinski definition) is 0. The average molecular weight is 329 g/mol. The number of rotatable bonds is 7. The Morgan fingerprint density at radius 2 is 1.92 bits per heavy atom. The molecule has 0 bridgehead atoms. The maximum absolute atomic E-state index is 5.84. The minimum atomic E-state index is 0.0597. The summed E-state index contributed by atoms with van der Waals surface area (Å²) < 4.78 is 7.73. The summed E-state index contributed by atoms with van der Waals surface area (Å²) in [5.74, 6) is 1.45. The van der Waals surface area contributed by atoms with Crippen LogP contribution in [-0.2, 0) is 18.4 Å². The van der Waals surface area contributed by atoms with E-state index in [1.54, 1.807) is 0 Å². The minimum Gasteiger partial charge on any atom is -0.494 e. The summed E-state index contributed by atoms with van der Waals surface area (Å²) in [5.41, 5.74) is 3.76. The monoisotopic (exact) mass is 329 g/mol. The van der Waals surface area contributed by atoms with Crippen LogP contribution in [0, 0.1) is 0 Å². The Hall–Kier alpha value is -1.84. The zero-order chi connectivity index (χ0) is 17.7. The molecule has 0 amide bonds. The van der Waals surface area contributed by atoms with Gasteiger partial charge in [-0.05, 0) is 55.2 Å². The van der Waals surface area contributed by atoms with Gasteiger partial charge in [-0.1, -0.05) is 45.0 Å². The molecule has 1 unspecified atom stereocenters. The van der Waals surface area contributed by atoms with Gasteiger partial charge in [-0.25, -0.2) is 0 Å². The van der Waals surface area contributed by atoms with Crippen LogP contribution < -0.4 is 4.74 Å². The molecule has 4 nitrogen and oxygen atoms in total. The molecule has 1 aromatic carbocycles. The van der Waals surface area contributed by atoms with Crippen LogP contribution in [0.5, 0.6) is 5.75 Å². The normalized spacial score (nSPS) is 13.1. The van der Waals surface area contributed by atoms with Crippen molar-refractivity contribution < 1.29 is 4.74 Å². The van der Waals surface area contributed by atoms with E-state index < -0.39 is 0 Å². The van der Waals surface area contributed by atoms with Crippen molar-refractivity contribution in [2.75, 3.05) is 6.61 Å². The summed E-state index contributed by atoms with van der Waals surface area (Å²) in [5, 5.41) is 8.46. The quantitative estimate of drug-likeness (QED) is 0.737. The molecule has 24 heavy (non-hydrogen) atoms. The Kier molecular flexibility index (Phi) is 6.03. The molecule has 0 aliphatic heterocycles. The standard InChI is InChI=1S/C20H31N3O/c1-7-15(12-17-14-23(8-2)22-21-17)16-10-11-19(24-9-3)18(13-16)20(4,5)6/h10-11,13-15H,7-9,12H2,1-6H3. The van der Waals surface area contributed by atoms with E-state index in [2.05, 4.69) is 69.3 Å². The molecular formula is C20H31N3O. The molecule has 2 rings (SSSR count). The van der Waals surface area contributed by atoms with E-state index in [1.165, 1.54) is 11.1 Å². The molecule has 4 heteroatoms. The number of benzene rings is 1. The van der Waals surface area contributed by atoms with Crippen LogP contribution in [0.15, 0.2) is 24.4 Å². The smallest absolute Gasteiger partial charge is 0.123 e. The van der Waals surface area contributed by atoms with Gasteiger partial charge in [-0.2, -0.15) is 0 Å². The van der Waals surface area contributed by atoms with E-state index in [4.69, 9.17) is 4.74 Å². The van der Waals surface area contributed by atoms with Crippen LogP contribution in [-0.4, -0.2) is 21.6 Å². The van der Waals surface area contributed by atoms with E-state index >= 15 is 0 Å². The lowest BCUT2D eigenvalue weighted by Gasteiger charge is -2.25. The van der Waals surface area contributed by atoms with Gasteiger partial charge >= 0.3 is 0 Å². The Bertz CT molecular complexity index is 655. The molecule has 0 aliphatic carbocycles. The first-order valence-electron chi connectivity index (χ1n) is 9.05. The van der Waals surface area contributed by atoms with Gasteiger partial charge in [0.05, 0.1) is 12.3 Å². The van der Waals surface area contributed by atoms with Crippen molar-refractivity contribution in [2.45, 2.75) is 72.3 Å². The van der Waals surface area contributed by atoms with Crippen LogP contribution >= 0.6 is 0 Å². The van der Waals surface area contributed by atoms with Gasteiger partial charge in [0.15, 0.2) is 0 Å². The van der Waals surface area contributed by atoms with Crippen molar-refractivity contribution in [3.8, 4) is 5.75 Å². The predicted octanol–water partition coefficient (Wildman–Crippen LogP) is 4.73. The lowest BCUT2D eigenvalue weighted by Crippen LogP contribution is -2.15. The highest BCUT2D eigenvalue weighted by molar-refractivity contribution is 5.43. The van der Waals surface area contributed by atoms with Crippen LogP contribution in [0.25, 0.3) is 0 Å². The molecule has 1 aromatic heterocycles. The molecule has 0 radical (unpaired) electrons. The first kappa shape index (κ1) is 18.5. The van der Waals surface area contributed by atoms with Crippen molar-refractivity contribution in [3.63, 3.8) is 0 Å². The molecule has 0 fully saturated rings. The SMILES string of the molecule is CCOc1ccc(C(CC)Cc2cn(CC)nn2)cc1C(C)(C)C. The van der Waals surface area contributed by atoms with Crippen LogP contribution in [0.3, 0.4) is 0 Å². The van der Waals surface area contributed by atoms with Crippen molar-refractivity contribution in [2.24, 2.45) is 0 Å². The topological polar surface area (TPSA) is 39.9 Å². The van der Waals surface area contributed by atoms with Gasteiger partial charge in [-0.15, -0.1) is 5.10 Å². The fourth-order valence-corrected chi connectivity index (χ4v) is 3.01. The van der Waals surface area contributed by atoms with E-state index in [1.807, 2.05) is 11.6 Å². The second kappa shape index (κ2) is 7.82. The Labute approximate surface area is 146 Å². The average Bonchev–Trinajstić information content (AvgIpc) is 3.00. The summed E-state index contributed by atoms with van der Waals surface area (Å²) in [7, 11) is 0. The van der Waals surface area contributed by atoms with E-state index in [9.17, 15) is 0 Å². The fourth-order valence-electron chi connectivity index (χ4n) is 3.01. The lowest BCUT2D eigenvalue weighted by molar-refractivity contribution is 0.329. The molecule has 0 saturated carbocycles. The molecule has 0 spiro atoms. The highest BCUT2D eigenvalue weighted by Gasteiger charge is 2.22. The third-order valence-electron chi connectivity index (χ3n) is 4.44. The molecule has 0 saturated heterocycles. The summed E-state index contributed by atoms with van der Waals surface area (Å²) in [6.45, 7) is 14.6.